The lowest BCUT2D eigenvalue weighted by molar-refractivity contribution is -0.290. The normalized spacial score (nSPS) is 23.7. The van der Waals surface area contributed by atoms with Gasteiger partial charge in [-0.1, -0.05) is 172 Å². The number of aryl methyl sites for hydroxylation is 1. The van der Waals surface area contributed by atoms with E-state index in [4.69, 9.17) is 9.26 Å². The minimum absolute atomic E-state index is 0.0285. The van der Waals surface area contributed by atoms with E-state index in [2.05, 4.69) is 35.4 Å². The third kappa shape index (κ3) is 19.0. The Morgan fingerprint density at radius 3 is 1.68 bits per heavy atom. The second-order valence-corrected chi connectivity index (χ2v) is 18.9. The summed E-state index contributed by atoms with van der Waals surface area (Å²) in [7, 11) is 0. The summed E-state index contributed by atoms with van der Waals surface area (Å²) in [5, 5.41) is 12.0. The van der Waals surface area contributed by atoms with Crippen LogP contribution in [0.3, 0.4) is 0 Å². The van der Waals surface area contributed by atoms with Crippen molar-refractivity contribution in [2.75, 3.05) is 29.9 Å². The highest BCUT2D eigenvalue weighted by Crippen LogP contribution is 2.37. The van der Waals surface area contributed by atoms with E-state index in [-0.39, 0.29) is 17.6 Å². The van der Waals surface area contributed by atoms with Crippen molar-refractivity contribution in [3.63, 3.8) is 0 Å². The first-order chi connectivity index (χ1) is 30.6. The number of aromatic nitrogens is 6. The lowest BCUT2D eigenvalue weighted by atomic mass is 9.97. The molecule has 3 atom stereocenters. The molecular formula is C48H79F5N8O2. The van der Waals surface area contributed by atoms with Gasteiger partial charge >= 0.3 is 18.1 Å². The molecule has 1 N–H and O–H groups in total. The number of ether oxygens (including phenoxy) is 1. The molecule has 0 spiro atoms. The second kappa shape index (κ2) is 27.9. The van der Waals surface area contributed by atoms with Crippen molar-refractivity contribution in [1.82, 2.24) is 29.7 Å². The van der Waals surface area contributed by atoms with Gasteiger partial charge in [-0.2, -0.15) is 31.9 Å². The molecule has 63 heavy (non-hydrogen) atoms. The Bertz CT molecular complexity index is 1650. The number of hydrogen-bond donors (Lipinski definition) is 1. The van der Waals surface area contributed by atoms with Gasteiger partial charge in [0, 0.05) is 31.5 Å². The van der Waals surface area contributed by atoms with Crippen LogP contribution in [0.2, 0.25) is 0 Å². The highest BCUT2D eigenvalue weighted by Gasteiger charge is 2.58. The fourth-order valence-electron chi connectivity index (χ4n) is 9.67. The monoisotopic (exact) mass is 895 g/mol. The van der Waals surface area contributed by atoms with Crippen molar-refractivity contribution in [3.05, 3.63) is 18.2 Å². The van der Waals surface area contributed by atoms with Crippen LogP contribution >= 0.6 is 0 Å². The molecule has 3 unspecified atom stereocenters. The van der Waals surface area contributed by atoms with Gasteiger partial charge in [0.15, 0.2) is 12.4 Å². The van der Waals surface area contributed by atoms with Crippen molar-refractivity contribution in [2.45, 2.75) is 231 Å². The van der Waals surface area contributed by atoms with Gasteiger partial charge in [0.05, 0.1) is 0 Å². The molecule has 358 valence electrons. The molecule has 2 aliphatic rings. The van der Waals surface area contributed by atoms with Gasteiger partial charge < -0.3 is 19.5 Å². The van der Waals surface area contributed by atoms with E-state index in [0.29, 0.717) is 17.8 Å². The van der Waals surface area contributed by atoms with Crippen LogP contribution in [0.15, 0.2) is 16.9 Å². The average Bonchev–Trinajstić information content (AvgIpc) is 4.01. The van der Waals surface area contributed by atoms with Gasteiger partial charge in [-0.3, -0.25) is 0 Å². The molecule has 2 bridgehead atoms. The minimum atomic E-state index is -5.74. The van der Waals surface area contributed by atoms with Crippen molar-refractivity contribution >= 4 is 17.6 Å². The summed E-state index contributed by atoms with van der Waals surface area (Å²) in [4.78, 5) is 15.2. The fourth-order valence-corrected chi connectivity index (χ4v) is 9.67. The number of halogens is 5. The van der Waals surface area contributed by atoms with E-state index in [9.17, 15) is 22.0 Å². The van der Waals surface area contributed by atoms with E-state index in [1.807, 2.05) is 6.92 Å². The van der Waals surface area contributed by atoms with E-state index in [1.165, 1.54) is 184 Å². The highest BCUT2D eigenvalue weighted by atomic mass is 19.4. The van der Waals surface area contributed by atoms with E-state index >= 15 is 0 Å². The summed E-state index contributed by atoms with van der Waals surface area (Å²) >= 11 is 0. The van der Waals surface area contributed by atoms with Gasteiger partial charge in [-0.25, -0.2) is 9.50 Å². The highest BCUT2D eigenvalue weighted by molar-refractivity contribution is 5.52. The van der Waals surface area contributed by atoms with Crippen LogP contribution in [-0.2, 0) is 0 Å². The van der Waals surface area contributed by atoms with Crippen LogP contribution in [-0.4, -0.2) is 67.6 Å². The molecule has 0 aromatic carbocycles. The maximum Gasteiger partial charge on any atom is 0.456 e. The van der Waals surface area contributed by atoms with Gasteiger partial charge in [-0.05, 0) is 57.3 Å². The van der Waals surface area contributed by atoms with Crippen molar-refractivity contribution < 1.29 is 31.2 Å². The minimum Gasteiger partial charge on any atom is -0.468 e. The van der Waals surface area contributed by atoms with Crippen LogP contribution in [0.25, 0.3) is 5.65 Å². The molecule has 3 aromatic heterocycles. The molecule has 4 heterocycles. The second-order valence-electron chi connectivity index (χ2n) is 18.9. The average molecular weight is 895 g/mol. The maximum absolute atomic E-state index is 13.7. The van der Waals surface area contributed by atoms with Crippen LogP contribution < -0.4 is 15.0 Å². The Morgan fingerprint density at radius 1 is 0.651 bits per heavy atom. The molecule has 15 heteroatoms. The van der Waals surface area contributed by atoms with Gasteiger partial charge in [0.1, 0.15) is 0 Å². The Morgan fingerprint density at radius 2 is 1.16 bits per heavy atom. The number of hydrogen-bond acceptors (Lipinski definition) is 9. The molecule has 3 aromatic rings. The Hall–Kier alpha value is -3.26. The van der Waals surface area contributed by atoms with E-state index < -0.39 is 24.6 Å². The number of nitrogens with zero attached hydrogens (tertiary/aromatic N) is 7. The van der Waals surface area contributed by atoms with Crippen molar-refractivity contribution in [1.29, 1.82) is 0 Å². The number of anilines is 2. The number of rotatable bonds is 6. The lowest BCUT2D eigenvalue weighted by Crippen LogP contribution is -2.41. The molecule has 5 rings (SSSR count). The Balaban J connectivity index is 1.15. The molecule has 0 amide bonds. The Labute approximate surface area is 374 Å². The zero-order chi connectivity index (χ0) is 44.6. The van der Waals surface area contributed by atoms with Crippen LogP contribution in [0.1, 0.15) is 211 Å². The maximum atomic E-state index is 13.7. The Kier molecular flexibility index (Phi) is 22.5. The summed E-state index contributed by atoms with van der Waals surface area (Å²) < 4.78 is 77.7. The van der Waals surface area contributed by atoms with Gasteiger partial charge in [0.25, 0.3) is 5.88 Å². The van der Waals surface area contributed by atoms with E-state index in [0.717, 1.165) is 57.5 Å². The topological polar surface area (TPSA) is 106 Å². The number of fused-ring (bicyclic) bond motifs is 3. The van der Waals surface area contributed by atoms with Crippen molar-refractivity contribution in [3.8, 4) is 5.88 Å². The van der Waals surface area contributed by atoms with Crippen LogP contribution in [0.5, 0.6) is 5.88 Å². The first kappa shape index (κ1) is 50.7. The first-order valence-corrected chi connectivity index (χ1v) is 25.2. The summed E-state index contributed by atoms with van der Waals surface area (Å²) in [5.41, 5.74) is -0.0344. The first-order valence-electron chi connectivity index (χ1n) is 25.2. The molecule has 0 radical (unpaired) electrons. The standard InChI is InChI=1S/C48H79F5N8O2/c1-39-55-46(63-59-39)60-34-27-26-30-42(56-45-57-43-44(54-33-35-61(43)58-45)62-38-47(49,50)48(51,52)53)29-25-23-21-19-17-15-13-11-9-7-5-3-2-4-6-8-10-12-14-16-18-20-22-24-28-40-31-32-41(36-40)37-60/h33,35,40-42H,2-32,34,36-38H2,1H3,(H,56,58). The third-order valence-electron chi connectivity index (χ3n) is 13.4. The van der Waals surface area contributed by atoms with Crippen LogP contribution in [0.4, 0.5) is 33.9 Å². The van der Waals surface area contributed by atoms with Gasteiger partial charge in [-0.15, -0.1) is 5.10 Å². The number of alkyl halides is 5. The van der Waals surface area contributed by atoms with E-state index in [1.54, 1.807) is 0 Å². The largest absolute Gasteiger partial charge is 0.468 e. The molecule has 10 nitrogen and oxygen atoms in total. The SMILES string of the molecule is Cc1noc(N2CCCCC(Nc3nc4c(OCC(F)(F)C(F)(F)F)nccn4n3)CCCCCCCCCCCCCCCCCCCCCCCCCCC3CCC(C3)C2)n1. The lowest BCUT2D eigenvalue weighted by Gasteiger charge is -2.24. The zero-order valence-electron chi connectivity index (χ0n) is 38.5. The predicted octanol–water partition coefficient (Wildman–Crippen LogP) is 14.4. The summed E-state index contributed by atoms with van der Waals surface area (Å²) in [5.74, 6) is -3.18. The summed E-state index contributed by atoms with van der Waals surface area (Å²) in [6.07, 6.45) is 37.8. The molecule has 1 aliphatic heterocycles. The molecule has 2 fully saturated rings. The van der Waals surface area contributed by atoms with Crippen LogP contribution in [0, 0.1) is 18.8 Å². The molecule has 1 aliphatic carbocycles. The smallest absolute Gasteiger partial charge is 0.456 e. The van der Waals surface area contributed by atoms with Gasteiger partial charge in [0.2, 0.25) is 11.6 Å². The number of nitrogens with one attached hydrogen (secondary N) is 1. The summed E-state index contributed by atoms with van der Waals surface area (Å²) in [6.45, 7) is 1.67. The van der Waals surface area contributed by atoms with Crippen molar-refractivity contribution in [2.24, 2.45) is 11.8 Å². The molecule has 1 saturated heterocycles. The molecule has 1 saturated carbocycles. The molecular weight excluding hydrogens is 816 g/mol. The zero-order valence-corrected chi connectivity index (χ0v) is 38.5. The quantitative estimate of drug-likeness (QED) is 0.242. The predicted molar refractivity (Wildman–Crippen MR) is 241 cm³/mol. The third-order valence-corrected chi connectivity index (χ3v) is 13.4. The fraction of sp³-hybridized carbons (Fsp3) is 0.854. The summed E-state index contributed by atoms with van der Waals surface area (Å²) in [6, 6.07) is 0.620.